The third-order valence-corrected chi connectivity index (χ3v) is 6.98. The summed E-state index contributed by atoms with van der Waals surface area (Å²) in [6.45, 7) is 1.85. The summed E-state index contributed by atoms with van der Waals surface area (Å²) >= 11 is 5.98. The van der Waals surface area contributed by atoms with E-state index in [2.05, 4.69) is 5.32 Å². The van der Waals surface area contributed by atoms with Crippen molar-refractivity contribution >= 4 is 33.2 Å². The number of carbonyl (C=O) groups excluding carboxylic acids is 1. The van der Waals surface area contributed by atoms with Crippen molar-refractivity contribution in [1.82, 2.24) is 5.32 Å². The van der Waals surface area contributed by atoms with Gasteiger partial charge < -0.3 is 14.8 Å². The van der Waals surface area contributed by atoms with Crippen LogP contribution in [0.3, 0.4) is 0 Å². The lowest BCUT2D eigenvalue weighted by Crippen LogP contribution is -2.40. The Morgan fingerprint density at radius 3 is 2.18 bits per heavy atom. The Kier molecular flexibility index (Phi) is 7.84. The largest absolute Gasteiger partial charge is 0.493 e. The van der Waals surface area contributed by atoms with Gasteiger partial charge in [0.2, 0.25) is 5.91 Å². The van der Waals surface area contributed by atoms with Crippen LogP contribution in [-0.4, -0.2) is 35.1 Å². The summed E-state index contributed by atoms with van der Waals surface area (Å²) in [5.41, 5.74) is 2.33. The highest BCUT2D eigenvalue weighted by Gasteiger charge is 2.28. The second-order valence-electron chi connectivity index (χ2n) is 7.27. The molecule has 0 aliphatic carbocycles. The normalized spacial score (nSPS) is 11.0. The number of hydrogen-bond acceptors (Lipinski definition) is 5. The van der Waals surface area contributed by atoms with Crippen LogP contribution in [0, 0.1) is 6.92 Å². The van der Waals surface area contributed by atoms with Gasteiger partial charge in [0.25, 0.3) is 10.0 Å². The lowest BCUT2D eigenvalue weighted by atomic mass is 10.1. The number of aryl methyl sites for hydroxylation is 1. The molecule has 0 heterocycles. The van der Waals surface area contributed by atoms with E-state index in [1.165, 1.54) is 32.4 Å². The molecule has 0 fully saturated rings. The number of halogens is 1. The molecule has 7 nitrogen and oxygen atoms in total. The zero-order valence-electron chi connectivity index (χ0n) is 18.5. The van der Waals surface area contributed by atoms with Gasteiger partial charge in [-0.2, -0.15) is 0 Å². The predicted octanol–water partition coefficient (Wildman–Crippen LogP) is 4.18. The van der Waals surface area contributed by atoms with E-state index in [1.54, 1.807) is 24.3 Å². The van der Waals surface area contributed by atoms with Gasteiger partial charge in [0.15, 0.2) is 11.5 Å². The molecule has 1 N–H and O–H groups in total. The lowest BCUT2D eigenvalue weighted by molar-refractivity contribution is -0.119. The van der Waals surface area contributed by atoms with Gasteiger partial charge in [-0.05, 0) is 48.9 Å². The van der Waals surface area contributed by atoms with E-state index in [9.17, 15) is 13.2 Å². The van der Waals surface area contributed by atoms with Crippen molar-refractivity contribution < 1.29 is 22.7 Å². The van der Waals surface area contributed by atoms with E-state index in [0.717, 1.165) is 15.4 Å². The van der Waals surface area contributed by atoms with Crippen molar-refractivity contribution in [3.05, 3.63) is 82.9 Å². The molecule has 174 valence electrons. The fourth-order valence-corrected chi connectivity index (χ4v) is 4.68. The van der Waals surface area contributed by atoms with Gasteiger partial charge >= 0.3 is 0 Å². The minimum absolute atomic E-state index is 0.0403. The van der Waals surface area contributed by atoms with Crippen LogP contribution in [0.5, 0.6) is 11.5 Å². The lowest BCUT2D eigenvalue weighted by Gasteiger charge is -2.24. The second kappa shape index (κ2) is 10.6. The Bertz CT molecular complexity index is 1210. The average Bonchev–Trinajstić information content (AvgIpc) is 2.82. The Hall–Kier alpha value is -3.23. The first kappa shape index (κ1) is 24.4. The molecule has 0 saturated heterocycles. The van der Waals surface area contributed by atoms with E-state index in [0.29, 0.717) is 16.5 Å². The van der Waals surface area contributed by atoms with Crippen LogP contribution in [0.15, 0.2) is 71.6 Å². The molecule has 1 amide bonds. The first-order valence-electron chi connectivity index (χ1n) is 10.1. The first-order valence-corrected chi connectivity index (χ1v) is 11.9. The Morgan fingerprint density at radius 1 is 0.939 bits per heavy atom. The Balaban J connectivity index is 1.90. The van der Waals surface area contributed by atoms with Crippen molar-refractivity contribution in [2.24, 2.45) is 0 Å². The molecule has 3 aromatic carbocycles. The molecular weight excluding hydrogens is 464 g/mol. The number of carbonyl (C=O) groups is 1. The second-order valence-corrected chi connectivity index (χ2v) is 9.57. The third-order valence-electron chi connectivity index (χ3n) is 4.96. The number of sulfonamides is 1. The number of ether oxygens (including phenoxy) is 2. The number of amides is 1. The van der Waals surface area contributed by atoms with Crippen molar-refractivity contribution in [1.29, 1.82) is 0 Å². The summed E-state index contributed by atoms with van der Waals surface area (Å²) < 4.78 is 38.6. The standard InChI is InChI=1S/C24H25ClN2O5S/c1-17-4-6-18(7-5-17)15-26-24(28)16-27(20-10-8-19(25)9-11-20)33(29,30)21-12-13-22(31-2)23(14-21)32-3/h4-14H,15-16H2,1-3H3,(H,26,28). The summed E-state index contributed by atoms with van der Waals surface area (Å²) in [6.07, 6.45) is 0. The molecule has 0 aromatic heterocycles. The fourth-order valence-electron chi connectivity index (χ4n) is 3.12. The van der Waals surface area contributed by atoms with Gasteiger partial charge in [-0.15, -0.1) is 0 Å². The van der Waals surface area contributed by atoms with Crippen LogP contribution >= 0.6 is 11.6 Å². The molecule has 0 aliphatic heterocycles. The molecule has 0 bridgehead atoms. The molecule has 0 spiro atoms. The summed E-state index contributed by atoms with van der Waals surface area (Å²) in [6, 6.07) is 18.2. The van der Waals surface area contributed by atoms with E-state index < -0.39 is 22.5 Å². The van der Waals surface area contributed by atoms with E-state index >= 15 is 0 Å². The Morgan fingerprint density at radius 2 is 1.58 bits per heavy atom. The van der Waals surface area contributed by atoms with Crippen LogP contribution < -0.4 is 19.1 Å². The van der Waals surface area contributed by atoms with Crippen molar-refractivity contribution in [3.8, 4) is 11.5 Å². The molecule has 0 radical (unpaired) electrons. The molecule has 33 heavy (non-hydrogen) atoms. The number of nitrogens with one attached hydrogen (secondary N) is 1. The number of methoxy groups -OCH3 is 2. The molecule has 0 unspecified atom stereocenters. The molecule has 0 saturated carbocycles. The van der Waals surface area contributed by atoms with E-state index in [-0.39, 0.29) is 17.2 Å². The molecule has 0 atom stereocenters. The highest BCUT2D eigenvalue weighted by Crippen LogP contribution is 2.32. The maximum absolute atomic E-state index is 13.5. The number of anilines is 1. The fraction of sp³-hybridized carbons (Fsp3) is 0.208. The van der Waals surface area contributed by atoms with Gasteiger partial charge in [-0.3, -0.25) is 9.10 Å². The van der Waals surface area contributed by atoms with Crippen LogP contribution in [-0.2, 0) is 21.4 Å². The summed E-state index contributed by atoms with van der Waals surface area (Å²) in [4.78, 5) is 12.7. The van der Waals surface area contributed by atoms with Crippen molar-refractivity contribution in [3.63, 3.8) is 0 Å². The smallest absolute Gasteiger partial charge is 0.264 e. The van der Waals surface area contributed by atoms with Gasteiger partial charge in [-0.25, -0.2) is 8.42 Å². The average molecular weight is 489 g/mol. The topological polar surface area (TPSA) is 84.9 Å². The summed E-state index contributed by atoms with van der Waals surface area (Å²) in [5.74, 6) is 0.207. The van der Waals surface area contributed by atoms with Crippen molar-refractivity contribution in [2.45, 2.75) is 18.4 Å². The minimum Gasteiger partial charge on any atom is -0.493 e. The van der Waals surface area contributed by atoms with Gasteiger partial charge in [0.05, 0.1) is 24.8 Å². The van der Waals surface area contributed by atoms with Crippen LogP contribution in [0.25, 0.3) is 0 Å². The summed E-state index contributed by atoms with van der Waals surface area (Å²) in [5, 5.41) is 3.23. The van der Waals surface area contributed by atoms with E-state index in [1.807, 2.05) is 31.2 Å². The van der Waals surface area contributed by atoms with Gasteiger partial charge in [-0.1, -0.05) is 41.4 Å². The van der Waals surface area contributed by atoms with E-state index in [4.69, 9.17) is 21.1 Å². The number of nitrogens with zero attached hydrogens (tertiary/aromatic N) is 1. The minimum atomic E-state index is -4.11. The third kappa shape index (κ3) is 5.97. The predicted molar refractivity (Wildman–Crippen MR) is 129 cm³/mol. The zero-order valence-corrected chi connectivity index (χ0v) is 20.1. The quantitative estimate of drug-likeness (QED) is 0.488. The van der Waals surface area contributed by atoms with Crippen LogP contribution in [0.1, 0.15) is 11.1 Å². The Labute approximate surface area is 198 Å². The van der Waals surface area contributed by atoms with Gasteiger partial charge in [0.1, 0.15) is 6.54 Å². The highest BCUT2D eigenvalue weighted by molar-refractivity contribution is 7.92. The number of hydrogen-bond donors (Lipinski definition) is 1. The first-order chi connectivity index (χ1) is 15.7. The van der Waals surface area contributed by atoms with Crippen molar-refractivity contribution in [2.75, 3.05) is 25.1 Å². The molecule has 0 aliphatic rings. The molecule has 3 rings (SSSR count). The SMILES string of the molecule is COc1ccc(S(=O)(=O)N(CC(=O)NCc2ccc(C)cc2)c2ccc(Cl)cc2)cc1OC. The molecule has 9 heteroatoms. The van der Waals surface area contributed by atoms with Crippen LogP contribution in [0.4, 0.5) is 5.69 Å². The monoisotopic (exact) mass is 488 g/mol. The van der Waals surface area contributed by atoms with Gasteiger partial charge in [0, 0.05) is 17.6 Å². The molecule has 3 aromatic rings. The number of rotatable bonds is 9. The maximum atomic E-state index is 13.5. The summed E-state index contributed by atoms with van der Waals surface area (Å²) in [7, 11) is -1.23. The van der Waals surface area contributed by atoms with Crippen LogP contribution in [0.2, 0.25) is 5.02 Å². The highest BCUT2D eigenvalue weighted by atomic mass is 35.5. The maximum Gasteiger partial charge on any atom is 0.264 e. The molecular formula is C24H25ClN2O5S. The number of benzene rings is 3. The zero-order chi connectivity index (χ0) is 24.0.